The Hall–Kier alpha value is -0.933. The van der Waals surface area contributed by atoms with E-state index in [4.69, 9.17) is 4.43 Å². The van der Waals surface area contributed by atoms with Crippen molar-refractivity contribution in [2.75, 3.05) is 6.61 Å². The van der Waals surface area contributed by atoms with E-state index >= 15 is 0 Å². The van der Waals surface area contributed by atoms with Gasteiger partial charge < -0.3 is 4.43 Å². The molecule has 0 amide bonds. The van der Waals surface area contributed by atoms with Crippen LogP contribution in [0.2, 0.25) is 18.1 Å². The van der Waals surface area contributed by atoms with E-state index in [0.717, 1.165) is 18.6 Å². The quantitative estimate of drug-likeness (QED) is 0.528. The summed E-state index contributed by atoms with van der Waals surface area (Å²) in [5.74, 6) is -0.196. The van der Waals surface area contributed by atoms with Crippen LogP contribution in [0.4, 0.5) is 4.39 Å². The molecule has 0 aliphatic heterocycles. The fraction of sp³-hybridized carbons (Fsp3) is 0.500. The van der Waals surface area contributed by atoms with Gasteiger partial charge in [-0.05, 0) is 42.2 Å². The van der Waals surface area contributed by atoms with Gasteiger partial charge in [0.15, 0.2) is 8.32 Å². The normalized spacial score (nSPS) is 13.2. The molecule has 3 heteroatoms. The molecule has 0 bridgehead atoms. The van der Waals surface area contributed by atoms with Gasteiger partial charge in [0.25, 0.3) is 0 Å². The molecule has 0 unspecified atom stereocenters. The maximum Gasteiger partial charge on any atom is 0.191 e. The highest BCUT2D eigenvalue weighted by atomic mass is 28.4. The SMILES string of the molecule is CC(C)(C)[Si](C)(C)OCCC=Cc1ccc(F)cc1. The number of hydrogen-bond donors (Lipinski definition) is 0. The predicted molar refractivity (Wildman–Crippen MR) is 83.2 cm³/mol. The Labute approximate surface area is 117 Å². The lowest BCUT2D eigenvalue weighted by atomic mass is 10.2. The fourth-order valence-electron chi connectivity index (χ4n) is 1.39. The molecule has 0 aliphatic rings. The van der Waals surface area contributed by atoms with Crippen LogP contribution >= 0.6 is 0 Å². The lowest BCUT2D eigenvalue weighted by Crippen LogP contribution is -2.40. The van der Waals surface area contributed by atoms with Crippen molar-refractivity contribution in [3.8, 4) is 0 Å². The van der Waals surface area contributed by atoms with E-state index in [1.807, 2.05) is 6.08 Å². The Morgan fingerprint density at radius 3 is 2.26 bits per heavy atom. The van der Waals surface area contributed by atoms with Crippen molar-refractivity contribution in [3.05, 3.63) is 41.7 Å². The Morgan fingerprint density at radius 2 is 1.74 bits per heavy atom. The van der Waals surface area contributed by atoms with Crippen LogP contribution < -0.4 is 0 Å². The Bertz CT molecular complexity index is 415. The lowest BCUT2D eigenvalue weighted by Gasteiger charge is -2.36. The Kier molecular flexibility index (Phi) is 5.50. The summed E-state index contributed by atoms with van der Waals surface area (Å²) < 4.78 is 18.8. The van der Waals surface area contributed by atoms with Crippen LogP contribution in [-0.2, 0) is 4.43 Å². The molecule has 0 aliphatic carbocycles. The molecule has 0 N–H and O–H groups in total. The summed E-state index contributed by atoms with van der Waals surface area (Å²) in [6.45, 7) is 12.0. The third-order valence-corrected chi connectivity index (χ3v) is 8.27. The second-order valence-corrected chi connectivity index (χ2v) is 11.2. The zero-order valence-electron chi connectivity index (χ0n) is 12.7. The molecular formula is C16H25FOSi. The summed E-state index contributed by atoms with van der Waals surface area (Å²) in [7, 11) is -1.63. The molecule has 0 aromatic heterocycles. The van der Waals surface area contributed by atoms with Crippen LogP contribution in [0.5, 0.6) is 0 Å². The second kappa shape index (κ2) is 6.48. The van der Waals surface area contributed by atoms with Crippen LogP contribution in [0.1, 0.15) is 32.8 Å². The summed E-state index contributed by atoms with van der Waals surface area (Å²) in [6.07, 6.45) is 4.98. The average Bonchev–Trinajstić information content (AvgIpc) is 2.29. The van der Waals surface area contributed by atoms with Gasteiger partial charge in [0, 0.05) is 6.61 Å². The molecule has 106 valence electrons. The number of rotatable bonds is 5. The third kappa shape index (κ3) is 5.29. The number of halogens is 1. The average molecular weight is 280 g/mol. The number of hydrogen-bond acceptors (Lipinski definition) is 1. The van der Waals surface area contributed by atoms with Gasteiger partial charge in [-0.3, -0.25) is 0 Å². The molecule has 1 rings (SSSR count). The monoisotopic (exact) mass is 280 g/mol. The van der Waals surface area contributed by atoms with Gasteiger partial charge in [0.2, 0.25) is 0 Å². The molecular weight excluding hydrogens is 255 g/mol. The zero-order valence-corrected chi connectivity index (χ0v) is 13.7. The summed E-state index contributed by atoms with van der Waals surface area (Å²) in [4.78, 5) is 0. The first-order valence-electron chi connectivity index (χ1n) is 6.78. The molecule has 0 saturated heterocycles. The lowest BCUT2D eigenvalue weighted by molar-refractivity contribution is 0.294. The van der Waals surface area contributed by atoms with Crippen LogP contribution in [0, 0.1) is 5.82 Å². The molecule has 0 radical (unpaired) electrons. The molecule has 0 saturated carbocycles. The van der Waals surface area contributed by atoms with Crippen molar-refractivity contribution < 1.29 is 8.82 Å². The van der Waals surface area contributed by atoms with Gasteiger partial charge in [-0.2, -0.15) is 0 Å². The van der Waals surface area contributed by atoms with Crippen molar-refractivity contribution in [1.29, 1.82) is 0 Å². The summed E-state index contributed by atoms with van der Waals surface area (Å²) >= 11 is 0. The van der Waals surface area contributed by atoms with E-state index in [1.54, 1.807) is 12.1 Å². The van der Waals surface area contributed by atoms with E-state index in [9.17, 15) is 4.39 Å². The molecule has 0 heterocycles. The molecule has 1 nitrogen and oxygen atoms in total. The van der Waals surface area contributed by atoms with Crippen molar-refractivity contribution in [3.63, 3.8) is 0 Å². The van der Waals surface area contributed by atoms with Crippen molar-refractivity contribution >= 4 is 14.4 Å². The first kappa shape index (κ1) is 16.1. The van der Waals surface area contributed by atoms with Crippen LogP contribution in [0.3, 0.4) is 0 Å². The standard InChI is InChI=1S/C16H25FOSi/c1-16(2,3)19(4,5)18-13-7-6-8-14-9-11-15(17)12-10-14/h6,8-12H,7,13H2,1-5H3. The predicted octanol–water partition coefficient (Wildman–Crippen LogP) is 5.25. The van der Waals surface area contributed by atoms with E-state index in [1.165, 1.54) is 12.1 Å². The smallest absolute Gasteiger partial charge is 0.191 e. The number of benzene rings is 1. The van der Waals surface area contributed by atoms with E-state index in [2.05, 4.69) is 39.9 Å². The Morgan fingerprint density at radius 1 is 1.16 bits per heavy atom. The van der Waals surface area contributed by atoms with Gasteiger partial charge in [0.05, 0.1) is 0 Å². The van der Waals surface area contributed by atoms with Crippen LogP contribution in [-0.4, -0.2) is 14.9 Å². The van der Waals surface area contributed by atoms with Crippen LogP contribution in [0.25, 0.3) is 6.08 Å². The first-order chi connectivity index (χ1) is 8.72. The van der Waals surface area contributed by atoms with Gasteiger partial charge in [0.1, 0.15) is 5.82 Å². The molecule has 1 aromatic carbocycles. The Balaban J connectivity index is 2.37. The molecule has 0 fully saturated rings. The highest BCUT2D eigenvalue weighted by Gasteiger charge is 2.36. The topological polar surface area (TPSA) is 9.23 Å². The zero-order chi connectivity index (χ0) is 14.5. The van der Waals surface area contributed by atoms with E-state index < -0.39 is 8.32 Å². The van der Waals surface area contributed by atoms with E-state index in [-0.39, 0.29) is 10.9 Å². The molecule has 19 heavy (non-hydrogen) atoms. The first-order valence-corrected chi connectivity index (χ1v) is 9.69. The summed E-state index contributed by atoms with van der Waals surface area (Å²) in [6, 6.07) is 6.51. The minimum Gasteiger partial charge on any atom is -0.417 e. The maximum absolute atomic E-state index is 12.7. The third-order valence-electron chi connectivity index (χ3n) is 3.73. The minimum atomic E-state index is -1.63. The highest BCUT2D eigenvalue weighted by Crippen LogP contribution is 2.36. The van der Waals surface area contributed by atoms with Gasteiger partial charge in [-0.25, -0.2) is 4.39 Å². The van der Waals surface area contributed by atoms with Crippen molar-refractivity contribution in [1.82, 2.24) is 0 Å². The molecule has 0 atom stereocenters. The minimum absolute atomic E-state index is 0.196. The second-order valence-electron chi connectivity index (χ2n) is 6.35. The van der Waals surface area contributed by atoms with Gasteiger partial charge >= 0.3 is 0 Å². The fourth-order valence-corrected chi connectivity index (χ4v) is 2.45. The van der Waals surface area contributed by atoms with E-state index in [0.29, 0.717) is 0 Å². The molecule has 0 spiro atoms. The summed E-state index contributed by atoms with van der Waals surface area (Å²) in [5, 5.41) is 0.258. The summed E-state index contributed by atoms with van der Waals surface area (Å²) in [5.41, 5.74) is 1.02. The van der Waals surface area contributed by atoms with Crippen molar-refractivity contribution in [2.24, 2.45) is 0 Å². The highest BCUT2D eigenvalue weighted by molar-refractivity contribution is 6.74. The van der Waals surface area contributed by atoms with Gasteiger partial charge in [-0.1, -0.05) is 45.1 Å². The molecule has 1 aromatic rings. The van der Waals surface area contributed by atoms with Gasteiger partial charge in [-0.15, -0.1) is 0 Å². The van der Waals surface area contributed by atoms with Crippen molar-refractivity contribution in [2.45, 2.75) is 45.3 Å². The largest absolute Gasteiger partial charge is 0.417 e. The van der Waals surface area contributed by atoms with Crippen LogP contribution in [0.15, 0.2) is 30.3 Å². The maximum atomic E-state index is 12.7.